The average molecular weight is 278 g/mol. The molecule has 2 rings (SSSR count). The van der Waals surface area contributed by atoms with Crippen LogP contribution in [0, 0.1) is 13.8 Å². The van der Waals surface area contributed by atoms with E-state index in [1.807, 2.05) is 32.0 Å². The first-order chi connectivity index (χ1) is 9.27. The van der Waals surface area contributed by atoms with E-state index in [9.17, 15) is 18.0 Å². The Kier molecular flexibility index (Phi) is 3.66. The van der Waals surface area contributed by atoms with Crippen molar-refractivity contribution in [3.05, 3.63) is 59.2 Å². The first kappa shape index (κ1) is 14.3. The van der Waals surface area contributed by atoms with Crippen LogP contribution in [0.3, 0.4) is 0 Å². The third kappa shape index (κ3) is 3.07. The molecule has 0 unspecified atom stereocenters. The van der Waals surface area contributed by atoms with E-state index in [2.05, 4.69) is 0 Å². The number of aryl methyl sites for hydroxylation is 2. The highest BCUT2D eigenvalue weighted by molar-refractivity contribution is 6.00. The van der Waals surface area contributed by atoms with E-state index >= 15 is 0 Å². The van der Waals surface area contributed by atoms with Gasteiger partial charge in [0.15, 0.2) is 0 Å². The van der Waals surface area contributed by atoms with E-state index in [1.165, 1.54) is 24.3 Å². The van der Waals surface area contributed by atoms with Gasteiger partial charge in [0, 0.05) is 5.56 Å². The third-order valence-corrected chi connectivity index (χ3v) is 2.96. The SMILES string of the molecule is Cc1cc(C)cc(-c2ccc(C(=O)C(F)(F)F)cc2)c1. The molecule has 0 fully saturated rings. The van der Waals surface area contributed by atoms with Gasteiger partial charge in [0.1, 0.15) is 0 Å². The summed E-state index contributed by atoms with van der Waals surface area (Å²) in [6.07, 6.45) is -4.83. The number of hydrogen-bond donors (Lipinski definition) is 0. The Bertz CT molecular complexity index is 620. The summed E-state index contributed by atoms with van der Waals surface area (Å²) in [4.78, 5) is 11.1. The van der Waals surface area contributed by atoms with E-state index in [0.717, 1.165) is 22.3 Å². The number of ketones is 1. The average Bonchev–Trinajstić information content (AvgIpc) is 2.36. The molecule has 2 aromatic rings. The predicted octanol–water partition coefficient (Wildman–Crippen LogP) is 4.72. The fraction of sp³-hybridized carbons (Fsp3) is 0.188. The van der Waals surface area contributed by atoms with Crippen LogP contribution in [0.25, 0.3) is 11.1 Å². The van der Waals surface area contributed by atoms with E-state index < -0.39 is 12.0 Å². The summed E-state index contributed by atoms with van der Waals surface area (Å²) in [5.41, 5.74) is 3.53. The minimum absolute atomic E-state index is 0.342. The molecule has 0 amide bonds. The van der Waals surface area contributed by atoms with Crippen LogP contribution in [-0.2, 0) is 0 Å². The van der Waals surface area contributed by atoms with Crippen molar-refractivity contribution >= 4 is 5.78 Å². The lowest BCUT2D eigenvalue weighted by molar-refractivity contribution is -0.0885. The highest BCUT2D eigenvalue weighted by atomic mass is 19.4. The molecule has 4 heteroatoms. The second-order valence-corrected chi connectivity index (χ2v) is 4.78. The number of rotatable bonds is 2. The van der Waals surface area contributed by atoms with Gasteiger partial charge in [0.05, 0.1) is 0 Å². The quantitative estimate of drug-likeness (QED) is 0.727. The van der Waals surface area contributed by atoms with Gasteiger partial charge in [-0.1, -0.05) is 53.6 Å². The molecule has 20 heavy (non-hydrogen) atoms. The largest absolute Gasteiger partial charge is 0.454 e. The first-order valence-corrected chi connectivity index (χ1v) is 6.07. The third-order valence-electron chi connectivity index (χ3n) is 2.96. The second-order valence-electron chi connectivity index (χ2n) is 4.78. The van der Waals surface area contributed by atoms with Gasteiger partial charge in [-0.15, -0.1) is 0 Å². The lowest BCUT2D eigenvalue weighted by Crippen LogP contribution is -2.22. The molecule has 104 valence electrons. The maximum atomic E-state index is 12.3. The number of halogens is 3. The van der Waals surface area contributed by atoms with E-state index in [1.54, 1.807) is 0 Å². The molecule has 0 heterocycles. The summed E-state index contributed by atoms with van der Waals surface area (Å²) in [5.74, 6) is -1.82. The molecule has 0 aliphatic rings. The predicted molar refractivity (Wildman–Crippen MR) is 71.7 cm³/mol. The van der Waals surface area contributed by atoms with Crippen LogP contribution >= 0.6 is 0 Å². The van der Waals surface area contributed by atoms with Crippen molar-refractivity contribution < 1.29 is 18.0 Å². The zero-order valence-electron chi connectivity index (χ0n) is 11.1. The van der Waals surface area contributed by atoms with E-state index in [0.29, 0.717) is 0 Å². The molecule has 0 spiro atoms. The Hall–Kier alpha value is -2.10. The molecule has 0 aliphatic carbocycles. The maximum absolute atomic E-state index is 12.3. The molecule has 1 nitrogen and oxygen atoms in total. The Labute approximate surface area is 115 Å². The van der Waals surface area contributed by atoms with E-state index in [4.69, 9.17) is 0 Å². The van der Waals surface area contributed by atoms with Crippen LogP contribution < -0.4 is 0 Å². The number of alkyl halides is 3. The topological polar surface area (TPSA) is 17.1 Å². The van der Waals surface area contributed by atoms with Crippen molar-refractivity contribution in [2.45, 2.75) is 20.0 Å². The number of carbonyl (C=O) groups excluding carboxylic acids is 1. The van der Waals surface area contributed by atoms with Crippen LogP contribution in [0.2, 0.25) is 0 Å². The Morgan fingerprint density at radius 2 is 1.35 bits per heavy atom. The summed E-state index contributed by atoms with van der Waals surface area (Å²) in [6.45, 7) is 3.91. The normalized spacial score (nSPS) is 11.4. The van der Waals surface area contributed by atoms with Crippen LogP contribution in [-0.4, -0.2) is 12.0 Å². The van der Waals surface area contributed by atoms with Gasteiger partial charge in [0.25, 0.3) is 5.78 Å². The zero-order valence-corrected chi connectivity index (χ0v) is 11.1. The molecule has 0 saturated heterocycles. The molecule has 0 aromatic heterocycles. The molecule has 0 saturated carbocycles. The van der Waals surface area contributed by atoms with E-state index in [-0.39, 0.29) is 5.56 Å². The summed E-state index contributed by atoms with van der Waals surface area (Å²) >= 11 is 0. The Balaban J connectivity index is 2.35. The molecule has 0 radical (unpaired) electrons. The number of hydrogen-bond acceptors (Lipinski definition) is 1. The van der Waals surface area contributed by atoms with Gasteiger partial charge in [-0.2, -0.15) is 13.2 Å². The van der Waals surface area contributed by atoms with Crippen LogP contribution in [0.15, 0.2) is 42.5 Å². The molecule has 0 aliphatic heterocycles. The van der Waals surface area contributed by atoms with Crippen molar-refractivity contribution in [2.75, 3.05) is 0 Å². The van der Waals surface area contributed by atoms with Gasteiger partial charge in [-0.05, 0) is 25.0 Å². The highest BCUT2D eigenvalue weighted by Crippen LogP contribution is 2.25. The van der Waals surface area contributed by atoms with Crippen molar-refractivity contribution in [3.63, 3.8) is 0 Å². The van der Waals surface area contributed by atoms with Gasteiger partial charge in [-0.3, -0.25) is 4.79 Å². The van der Waals surface area contributed by atoms with Gasteiger partial charge in [-0.25, -0.2) is 0 Å². The molecular formula is C16H13F3O. The second kappa shape index (κ2) is 5.12. The minimum Gasteiger partial charge on any atom is -0.284 e. The van der Waals surface area contributed by atoms with Crippen LogP contribution in [0.1, 0.15) is 21.5 Å². The first-order valence-electron chi connectivity index (χ1n) is 6.07. The minimum atomic E-state index is -4.83. The lowest BCUT2D eigenvalue weighted by Gasteiger charge is -2.08. The van der Waals surface area contributed by atoms with Gasteiger partial charge >= 0.3 is 6.18 Å². The summed E-state index contributed by atoms with van der Waals surface area (Å²) in [5, 5.41) is 0. The molecule has 0 bridgehead atoms. The monoisotopic (exact) mass is 278 g/mol. The van der Waals surface area contributed by atoms with Crippen molar-refractivity contribution in [3.8, 4) is 11.1 Å². The number of benzene rings is 2. The summed E-state index contributed by atoms with van der Waals surface area (Å²) in [6, 6.07) is 11.4. The molecular weight excluding hydrogens is 265 g/mol. The fourth-order valence-electron chi connectivity index (χ4n) is 2.12. The molecule has 0 N–H and O–H groups in total. The smallest absolute Gasteiger partial charge is 0.284 e. The lowest BCUT2D eigenvalue weighted by atomic mass is 9.99. The number of Topliss-reactive ketones (excluding diaryl/α,β-unsaturated/α-hetero) is 1. The number of carbonyl (C=O) groups is 1. The van der Waals surface area contributed by atoms with Crippen LogP contribution in [0.4, 0.5) is 13.2 Å². The zero-order chi connectivity index (χ0) is 14.9. The molecule has 2 aromatic carbocycles. The Morgan fingerprint density at radius 1 is 0.850 bits per heavy atom. The van der Waals surface area contributed by atoms with Crippen molar-refractivity contribution in [1.82, 2.24) is 0 Å². The van der Waals surface area contributed by atoms with Gasteiger partial charge < -0.3 is 0 Å². The fourth-order valence-corrected chi connectivity index (χ4v) is 2.12. The summed E-state index contributed by atoms with van der Waals surface area (Å²) in [7, 11) is 0. The van der Waals surface area contributed by atoms with Gasteiger partial charge in [0.2, 0.25) is 0 Å². The van der Waals surface area contributed by atoms with Crippen molar-refractivity contribution in [1.29, 1.82) is 0 Å². The highest BCUT2D eigenvalue weighted by Gasteiger charge is 2.39. The Morgan fingerprint density at radius 3 is 1.80 bits per heavy atom. The van der Waals surface area contributed by atoms with Crippen LogP contribution in [0.5, 0.6) is 0 Å². The molecule has 0 atom stereocenters. The summed E-state index contributed by atoms with van der Waals surface area (Å²) < 4.78 is 36.9. The maximum Gasteiger partial charge on any atom is 0.454 e. The standard InChI is InChI=1S/C16H13F3O/c1-10-7-11(2)9-14(8-10)12-3-5-13(6-4-12)15(20)16(17,18)19/h3-9H,1-2H3. The van der Waals surface area contributed by atoms with Crippen molar-refractivity contribution in [2.24, 2.45) is 0 Å².